The van der Waals surface area contributed by atoms with Gasteiger partial charge in [-0.2, -0.15) is 5.21 Å². The highest BCUT2D eigenvalue weighted by atomic mass is 16.6. The number of hydrogen-bond acceptors (Lipinski definition) is 9. The minimum Gasteiger partial charge on any atom is -0.460 e. The van der Waals surface area contributed by atoms with Crippen molar-refractivity contribution in [2.75, 3.05) is 20.3 Å². The average Bonchev–Trinajstić information content (AvgIpc) is 3.27. The van der Waals surface area contributed by atoms with Crippen molar-refractivity contribution in [1.82, 2.24) is 25.9 Å². The number of esters is 2. The summed E-state index contributed by atoms with van der Waals surface area (Å²) in [5.74, 6) is -1.35. The van der Waals surface area contributed by atoms with Gasteiger partial charge in [-0.05, 0) is 44.5 Å². The summed E-state index contributed by atoms with van der Waals surface area (Å²) in [6.07, 6.45) is -0.321. The average molecular weight is 441 g/mol. The van der Waals surface area contributed by atoms with E-state index in [1.807, 2.05) is 24.3 Å². The second-order valence-corrected chi connectivity index (χ2v) is 7.58. The van der Waals surface area contributed by atoms with E-state index < -0.39 is 17.9 Å². The maximum absolute atomic E-state index is 13.1. The lowest BCUT2D eigenvalue weighted by atomic mass is 9.80. The third-order valence-corrected chi connectivity index (χ3v) is 4.89. The summed E-state index contributed by atoms with van der Waals surface area (Å²) in [6, 6.07) is 7.30. The van der Waals surface area contributed by atoms with E-state index in [9.17, 15) is 9.59 Å². The Balaban J connectivity index is 2.10. The molecule has 2 aromatic rings. The third kappa shape index (κ3) is 5.02. The van der Waals surface area contributed by atoms with Crippen molar-refractivity contribution in [2.24, 2.45) is 0 Å². The summed E-state index contributed by atoms with van der Waals surface area (Å²) in [5.41, 5.74) is 3.26. The summed E-state index contributed by atoms with van der Waals surface area (Å²) in [4.78, 5) is 26.2. The SMILES string of the molecule is COCCOC(=O)C1=C(C)NC(C)=C(C(=O)OC(C)C)C1c1cccc(-c2nn[nH]n2)c1. The molecule has 1 aliphatic heterocycles. The number of ether oxygens (including phenoxy) is 3. The maximum Gasteiger partial charge on any atom is 0.337 e. The lowest BCUT2D eigenvalue weighted by Crippen LogP contribution is -2.33. The number of nitrogens with zero attached hydrogens (tertiary/aromatic N) is 3. The van der Waals surface area contributed by atoms with Crippen molar-refractivity contribution < 1.29 is 23.8 Å². The summed E-state index contributed by atoms with van der Waals surface area (Å²) in [5, 5.41) is 17.2. The molecule has 3 rings (SSSR count). The maximum atomic E-state index is 13.1. The van der Waals surface area contributed by atoms with Crippen molar-refractivity contribution in [3.8, 4) is 11.4 Å². The van der Waals surface area contributed by atoms with Gasteiger partial charge in [0.25, 0.3) is 0 Å². The molecule has 0 aliphatic carbocycles. The summed E-state index contributed by atoms with van der Waals surface area (Å²) >= 11 is 0. The number of tetrazole rings is 1. The molecule has 0 amide bonds. The van der Waals surface area contributed by atoms with Gasteiger partial charge in [0.2, 0.25) is 5.82 Å². The van der Waals surface area contributed by atoms with Crippen LogP contribution in [0.2, 0.25) is 0 Å². The van der Waals surface area contributed by atoms with Gasteiger partial charge in [-0.15, -0.1) is 10.2 Å². The summed E-state index contributed by atoms with van der Waals surface area (Å²) in [6.45, 7) is 7.46. The van der Waals surface area contributed by atoms with Gasteiger partial charge in [0.1, 0.15) is 6.61 Å². The first-order valence-corrected chi connectivity index (χ1v) is 10.2. The molecule has 1 aliphatic rings. The van der Waals surface area contributed by atoms with E-state index in [4.69, 9.17) is 14.2 Å². The van der Waals surface area contributed by atoms with Crippen LogP contribution in [0.1, 0.15) is 39.2 Å². The van der Waals surface area contributed by atoms with Crippen LogP contribution in [0.25, 0.3) is 11.4 Å². The number of aromatic nitrogens is 4. The summed E-state index contributed by atoms with van der Waals surface area (Å²) < 4.78 is 15.9. The van der Waals surface area contributed by atoms with E-state index in [1.165, 1.54) is 7.11 Å². The third-order valence-electron chi connectivity index (χ3n) is 4.89. The molecule has 2 N–H and O–H groups in total. The Morgan fingerprint density at radius 3 is 2.44 bits per heavy atom. The van der Waals surface area contributed by atoms with Crippen LogP contribution in [-0.4, -0.2) is 59.0 Å². The lowest BCUT2D eigenvalue weighted by Gasteiger charge is -2.31. The van der Waals surface area contributed by atoms with Crippen LogP contribution >= 0.6 is 0 Å². The van der Waals surface area contributed by atoms with E-state index in [0.29, 0.717) is 39.5 Å². The van der Waals surface area contributed by atoms with Crippen LogP contribution in [0.15, 0.2) is 46.8 Å². The number of hydrogen-bond donors (Lipinski definition) is 2. The molecule has 0 saturated heterocycles. The predicted octanol–water partition coefficient (Wildman–Crippen LogP) is 2.24. The van der Waals surface area contributed by atoms with E-state index in [2.05, 4.69) is 25.9 Å². The van der Waals surface area contributed by atoms with Crippen LogP contribution in [0.3, 0.4) is 0 Å². The van der Waals surface area contributed by atoms with Gasteiger partial charge in [-0.3, -0.25) is 0 Å². The van der Waals surface area contributed by atoms with Gasteiger partial charge in [0.05, 0.1) is 29.8 Å². The van der Waals surface area contributed by atoms with Crippen molar-refractivity contribution in [1.29, 1.82) is 0 Å². The van der Waals surface area contributed by atoms with Crippen LogP contribution < -0.4 is 5.32 Å². The monoisotopic (exact) mass is 441 g/mol. The first kappa shape index (κ1) is 23.1. The lowest BCUT2D eigenvalue weighted by molar-refractivity contribution is -0.143. The summed E-state index contributed by atoms with van der Waals surface area (Å²) in [7, 11) is 1.53. The normalized spacial score (nSPS) is 16.2. The van der Waals surface area contributed by atoms with Crippen LogP contribution in [0.5, 0.6) is 0 Å². The molecule has 1 aromatic carbocycles. The number of nitrogens with one attached hydrogen (secondary N) is 2. The topological polar surface area (TPSA) is 128 Å². The molecular weight excluding hydrogens is 414 g/mol. The minimum atomic E-state index is -0.704. The number of dihydropyridines is 1. The Bertz CT molecular complexity index is 1040. The second-order valence-electron chi connectivity index (χ2n) is 7.58. The van der Waals surface area contributed by atoms with Crippen LogP contribution in [0, 0.1) is 0 Å². The number of allylic oxidation sites excluding steroid dienone is 2. The Labute approximate surface area is 186 Å². The van der Waals surface area contributed by atoms with Gasteiger partial charge in [-0.25, -0.2) is 9.59 Å². The smallest absolute Gasteiger partial charge is 0.337 e. The molecule has 2 heterocycles. The molecule has 0 radical (unpaired) electrons. The zero-order valence-electron chi connectivity index (χ0n) is 18.8. The van der Waals surface area contributed by atoms with E-state index in [1.54, 1.807) is 27.7 Å². The highest BCUT2D eigenvalue weighted by molar-refractivity contribution is 6.00. The Kier molecular flexibility index (Phi) is 7.37. The zero-order valence-corrected chi connectivity index (χ0v) is 18.8. The molecule has 10 heteroatoms. The molecule has 170 valence electrons. The molecule has 0 spiro atoms. The van der Waals surface area contributed by atoms with Crippen molar-refractivity contribution >= 4 is 11.9 Å². The van der Waals surface area contributed by atoms with Crippen molar-refractivity contribution in [2.45, 2.75) is 39.7 Å². The number of benzene rings is 1. The fourth-order valence-corrected chi connectivity index (χ4v) is 3.58. The molecule has 1 unspecified atom stereocenters. The number of methoxy groups -OCH3 is 1. The van der Waals surface area contributed by atoms with Gasteiger partial charge in [-0.1, -0.05) is 18.2 Å². The largest absolute Gasteiger partial charge is 0.460 e. The molecular formula is C22H27N5O5. The van der Waals surface area contributed by atoms with E-state index in [-0.39, 0.29) is 19.3 Å². The Morgan fingerprint density at radius 1 is 1.09 bits per heavy atom. The number of carbonyl (C=O) groups excluding carboxylic acids is 2. The van der Waals surface area contributed by atoms with Crippen molar-refractivity contribution in [3.63, 3.8) is 0 Å². The van der Waals surface area contributed by atoms with Crippen LogP contribution in [-0.2, 0) is 23.8 Å². The van der Waals surface area contributed by atoms with Gasteiger partial charge in [0, 0.05) is 24.1 Å². The molecule has 1 aromatic heterocycles. The number of carbonyl (C=O) groups is 2. The van der Waals surface area contributed by atoms with E-state index >= 15 is 0 Å². The molecule has 1 atom stereocenters. The minimum absolute atomic E-state index is 0.0935. The quantitative estimate of drug-likeness (QED) is 0.468. The van der Waals surface area contributed by atoms with Crippen molar-refractivity contribution in [3.05, 3.63) is 52.4 Å². The second kappa shape index (κ2) is 10.2. The molecule has 32 heavy (non-hydrogen) atoms. The van der Waals surface area contributed by atoms with Gasteiger partial charge < -0.3 is 19.5 Å². The van der Waals surface area contributed by atoms with E-state index in [0.717, 1.165) is 0 Å². The Morgan fingerprint density at radius 2 is 1.81 bits per heavy atom. The number of rotatable bonds is 8. The molecule has 10 nitrogen and oxygen atoms in total. The standard InChI is InChI=1S/C22H27N5O5/c1-12(2)32-22(29)18-14(4)23-13(3)17(21(28)31-10-9-30-5)19(18)15-7-6-8-16(11-15)20-24-26-27-25-20/h6-8,11-12,19,23H,9-10H2,1-5H3,(H,24,25,26,27). The fraction of sp³-hybridized carbons (Fsp3) is 0.409. The zero-order chi connectivity index (χ0) is 23.3. The fourth-order valence-electron chi connectivity index (χ4n) is 3.58. The van der Waals surface area contributed by atoms with Gasteiger partial charge in [0.15, 0.2) is 0 Å². The first-order chi connectivity index (χ1) is 15.3. The first-order valence-electron chi connectivity index (χ1n) is 10.2. The highest BCUT2D eigenvalue weighted by Crippen LogP contribution is 2.40. The number of aromatic amines is 1. The van der Waals surface area contributed by atoms with Gasteiger partial charge >= 0.3 is 11.9 Å². The predicted molar refractivity (Wildman–Crippen MR) is 115 cm³/mol. The van der Waals surface area contributed by atoms with Crippen LogP contribution in [0.4, 0.5) is 0 Å². The molecule has 0 bridgehead atoms. The molecule has 0 saturated carbocycles. The number of H-pyrrole nitrogens is 1. The molecule has 0 fully saturated rings. The Hall–Kier alpha value is -3.53. The highest BCUT2D eigenvalue weighted by Gasteiger charge is 2.38.